The summed E-state index contributed by atoms with van der Waals surface area (Å²) in [5, 5.41) is 21.1. The van der Waals surface area contributed by atoms with E-state index in [9.17, 15) is 28.1 Å². The highest BCUT2D eigenvalue weighted by molar-refractivity contribution is 7.99. The Balaban J connectivity index is 1.63. The van der Waals surface area contributed by atoms with Crippen LogP contribution in [0, 0.1) is 15.9 Å². The first-order valence-corrected chi connectivity index (χ1v) is 9.35. The van der Waals surface area contributed by atoms with Gasteiger partial charge in [0.1, 0.15) is 5.75 Å². The van der Waals surface area contributed by atoms with Crippen LogP contribution in [0.4, 0.5) is 24.5 Å². The Bertz CT molecular complexity index is 1110. The maximum Gasteiger partial charge on any atom is 0.387 e. The number of amides is 1. The van der Waals surface area contributed by atoms with Gasteiger partial charge >= 0.3 is 12.3 Å². The van der Waals surface area contributed by atoms with E-state index >= 15 is 0 Å². The molecule has 31 heavy (non-hydrogen) atoms. The molecule has 162 valence electrons. The fourth-order valence-corrected chi connectivity index (χ4v) is 3.07. The third-order valence-corrected chi connectivity index (χ3v) is 4.70. The summed E-state index contributed by atoms with van der Waals surface area (Å²) < 4.78 is 43.2. The molecule has 3 N–H and O–H groups in total. The summed E-state index contributed by atoms with van der Waals surface area (Å²) in [5.74, 6) is 4.40. The van der Waals surface area contributed by atoms with E-state index in [1.807, 2.05) is 0 Å². The normalized spacial score (nSPS) is 10.8. The first-order valence-electron chi connectivity index (χ1n) is 8.37. The number of nitrogen functional groups attached to an aromatic ring is 1. The predicted octanol–water partition coefficient (Wildman–Crippen LogP) is 3.04. The number of carbonyl (C=O) groups is 1. The highest BCUT2D eigenvalue weighted by Crippen LogP contribution is 2.25. The van der Waals surface area contributed by atoms with Crippen molar-refractivity contribution >= 4 is 29.0 Å². The number of aromatic nitrogens is 3. The van der Waals surface area contributed by atoms with Crippen molar-refractivity contribution in [2.45, 2.75) is 11.8 Å². The summed E-state index contributed by atoms with van der Waals surface area (Å²) in [6.45, 7) is -2.95. The Hall–Kier alpha value is -3.81. The smallest absolute Gasteiger partial charge is 0.387 e. The van der Waals surface area contributed by atoms with Gasteiger partial charge in [0.2, 0.25) is 16.9 Å². The number of benzene rings is 2. The zero-order chi connectivity index (χ0) is 22.5. The van der Waals surface area contributed by atoms with Gasteiger partial charge in [-0.3, -0.25) is 14.9 Å². The number of ether oxygens (including phenoxy) is 1. The topological polar surface area (TPSA) is 138 Å². The summed E-state index contributed by atoms with van der Waals surface area (Å²) in [5.41, 5.74) is -0.229. The van der Waals surface area contributed by atoms with Gasteiger partial charge in [-0.2, -0.15) is 13.2 Å². The number of nitrogens with one attached hydrogen (secondary N) is 1. The van der Waals surface area contributed by atoms with Gasteiger partial charge in [0, 0.05) is 17.3 Å². The van der Waals surface area contributed by atoms with Gasteiger partial charge in [-0.15, -0.1) is 10.2 Å². The van der Waals surface area contributed by atoms with Crippen molar-refractivity contribution < 1.29 is 27.6 Å². The van der Waals surface area contributed by atoms with Crippen molar-refractivity contribution in [2.24, 2.45) is 0 Å². The Labute approximate surface area is 176 Å². The van der Waals surface area contributed by atoms with E-state index in [1.165, 1.54) is 30.3 Å². The molecule has 14 heteroatoms. The molecule has 1 amide bonds. The molecule has 3 aromatic rings. The number of nitro groups is 1. The summed E-state index contributed by atoms with van der Waals surface area (Å²) >= 11 is 0.936. The van der Waals surface area contributed by atoms with Crippen LogP contribution in [0.3, 0.4) is 0 Å². The molecule has 1 heterocycles. The summed E-state index contributed by atoms with van der Waals surface area (Å²) in [6.07, 6.45) is 0. The van der Waals surface area contributed by atoms with E-state index in [1.54, 1.807) is 0 Å². The van der Waals surface area contributed by atoms with Crippen LogP contribution >= 0.6 is 11.8 Å². The number of rotatable bonds is 8. The second-order valence-corrected chi connectivity index (χ2v) is 6.78. The first-order chi connectivity index (χ1) is 14.7. The Morgan fingerprint density at radius 2 is 1.97 bits per heavy atom. The van der Waals surface area contributed by atoms with Gasteiger partial charge in [0.15, 0.2) is 5.82 Å². The van der Waals surface area contributed by atoms with E-state index in [0.29, 0.717) is 5.56 Å². The molecule has 1 aromatic heterocycles. The molecule has 0 spiro atoms. The molecule has 2 aromatic carbocycles. The Morgan fingerprint density at radius 3 is 2.61 bits per heavy atom. The number of thioether (sulfide) groups is 1. The maximum atomic E-state index is 13.4. The van der Waals surface area contributed by atoms with Crippen molar-refractivity contribution in [2.75, 3.05) is 16.9 Å². The molecule has 10 nitrogen and oxygen atoms in total. The van der Waals surface area contributed by atoms with Gasteiger partial charge in [0.25, 0.3) is 0 Å². The number of halogens is 3. The third kappa shape index (κ3) is 5.42. The molecule has 0 aliphatic rings. The number of alkyl halides is 2. The zero-order valence-corrected chi connectivity index (χ0v) is 16.2. The summed E-state index contributed by atoms with van der Waals surface area (Å²) in [7, 11) is 0. The number of nitrogens with two attached hydrogens (primary N) is 1. The van der Waals surface area contributed by atoms with E-state index in [2.05, 4.69) is 20.3 Å². The molecule has 0 aliphatic carbocycles. The monoisotopic (exact) mass is 454 g/mol. The van der Waals surface area contributed by atoms with E-state index < -0.39 is 28.9 Å². The lowest BCUT2D eigenvalue weighted by Crippen LogP contribution is -2.16. The molecule has 0 atom stereocenters. The molecular weight excluding hydrogens is 441 g/mol. The molecular formula is C17H13F3N6O4S. The van der Waals surface area contributed by atoms with Gasteiger partial charge in [-0.05, 0) is 36.4 Å². The van der Waals surface area contributed by atoms with Crippen molar-refractivity contribution in [3.63, 3.8) is 0 Å². The van der Waals surface area contributed by atoms with Gasteiger partial charge < -0.3 is 15.9 Å². The lowest BCUT2D eigenvalue weighted by atomic mass is 10.2. The highest BCUT2D eigenvalue weighted by Gasteiger charge is 2.17. The second kappa shape index (κ2) is 9.34. The first kappa shape index (κ1) is 21.9. The third-order valence-electron chi connectivity index (χ3n) is 3.76. The Morgan fingerprint density at radius 1 is 1.26 bits per heavy atom. The number of anilines is 1. The highest BCUT2D eigenvalue weighted by atomic mass is 32.2. The molecule has 0 bridgehead atoms. The predicted molar refractivity (Wildman–Crippen MR) is 105 cm³/mol. The van der Waals surface area contributed by atoms with Crippen LogP contribution in [-0.2, 0) is 4.79 Å². The molecule has 3 rings (SSSR count). The number of nitrogens with zero attached hydrogens (tertiary/aromatic N) is 4. The lowest BCUT2D eigenvalue weighted by Gasteiger charge is -2.07. The van der Waals surface area contributed by atoms with Gasteiger partial charge in [-0.1, -0.05) is 11.8 Å². The van der Waals surface area contributed by atoms with Gasteiger partial charge in [0.05, 0.1) is 10.7 Å². The standard InChI is InChI=1S/C17H13F3N6O4S/c18-12-6-3-10(7-13(12)26(28)29)22-14(27)8-31-17-24-23-15(25(17)21)9-1-4-11(5-2-9)30-16(19)20/h1-7,16H,8,21H2,(H,22,27). The SMILES string of the molecule is Nn1c(SCC(=O)Nc2ccc(F)c([N+](=O)[O-])c2)nnc1-c1ccc(OC(F)F)cc1. The Kier molecular flexibility index (Phi) is 6.59. The number of hydrogen-bond donors (Lipinski definition) is 2. The van der Waals surface area contributed by atoms with Crippen molar-refractivity contribution in [1.29, 1.82) is 0 Å². The molecule has 0 saturated carbocycles. The molecule has 0 fully saturated rings. The average molecular weight is 454 g/mol. The number of nitro benzene ring substituents is 1. The molecule has 0 saturated heterocycles. The number of carbonyl (C=O) groups excluding carboxylic acids is 1. The van der Waals surface area contributed by atoms with E-state index in [4.69, 9.17) is 5.84 Å². The quantitative estimate of drug-likeness (QED) is 0.229. The summed E-state index contributed by atoms with van der Waals surface area (Å²) in [6, 6.07) is 8.54. The van der Waals surface area contributed by atoms with Crippen LogP contribution in [0.2, 0.25) is 0 Å². The maximum absolute atomic E-state index is 13.4. The van der Waals surface area contributed by atoms with Crippen molar-refractivity contribution in [3.05, 3.63) is 58.4 Å². The van der Waals surface area contributed by atoms with Crippen LogP contribution in [0.25, 0.3) is 11.4 Å². The van der Waals surface area contributed by atoms with Gasteiger partial charge in [-0.25, -0.2) is 4.68 Å². The minimum Gasteiger partial charge on any atom is -0.435 e. The zero-order valence-electron chi connectivity index (χ0n) is 15.4. The lowest BCUT2D eigenvalue weighted by molar-refractivity contribution is -0.387. The van der Waals surface area contributed by atoms with Crippen molar-refractivity contribution in [3.8, 4) is 17.1 Å². The molecule has 0 aliphatic heterocycles. The fourth-order valence-electron chi connectivity index (χ4n) is 2.42. The van der Waals surface area contributed by atoms with E-state index in [0.717, 1.165) is 28.6 Å². The molecule has 0 unspecified atom stereocenters. The van der Waals surface area contributed by atoms with Crippen LogP contribution in [0.5, 0.6) is 5.75 Å². The van der Waals surface area contributed by atoms with Crippen LogP contribution in [0.15, 0.2) is 47.6 Å². The van der Waals surface area contributed by atoms with Crippen molar-refractivity contribution in [1.82, 2.24) is 14.9 Å². The second-order valence-electron chi connectivity index (χ2n) is 5.84. The van der Waals surface area contributed by atoms with Crippen LogP contribution in [-0.4, -0.2) is 38.1 Å². The summed E-state index contributed by atoms with van der Waals surface area (Å²) in [4.78, 5) is 22.0. The fraction of sp³-hybridized carbons (Fsp3) is 0.118. The van der Waals surface area contributed by atoms with Crippen LogP contribution in [0.1, 0.15) is 0 Å². The van der Waals surface area contributed by atoms with E-state index in [-0.39, 0.29) is 28.2 Å². The minimum atomic E-state index is -2.95. The average Bonchev–Trinajstić information content (AvgIpc) is 3.08. The largest absolute Gasteiger partial charge is 0.435 e. The minimum absolute atomic E-state index is 0.0332. The molecule has 0 radical (unpaired) electrons. The van der Waals surface area contributed by atoms with Crippen LogP contribution < -0.4 is 15.9 Å². The number of hydrogen-bond acceptors (Lipinski definition) is 8.